The molecule has 1 heterocycles. The molecule has 1 aliphatic heterocycles. The zero-order valence-electron chi connectivity index (χ0n) is 8.09. The molecular weight excluding hydrogens is 229 g/mol. The van der Waals surface area contributed by atoms with E-state index in [4.69, 9.17) is 18.0 Å². The lowest BCUT2D eigenvalue weighted by Gasteiger charge is -2.23. The molecule has 0 aromatic carbocycles. The van der Waals surface area contributed by atoms with Crippen LogP contribution in [0.3, 0.4) is 0 Å². The minimum absolute atomic E-state index is 0.0724. The summed E-state index contributed by atoms with van der Waals surface area (Å²) >= 11 is 4.83. The second kappa shape index (κ2) is 5.09. The first-order valence-corrected chi connectivity index (χ1v) is 5.05. The SMILES string of the molecule is NC(=S)C1CCCN1CCOC(F)(F)F. The van der Waals surface area contributed by atoms with Crippen LogP contribution in [0, 0.1) is 0 Å². The molecule has 1 aliphatic rings. The van der Waals surface area contributed by atoms with Crippen LogP contribution < -0.4 is 5.73 Å². The van der Waals surface area contributed by atoms with Crippen molar-refractivity contribution < 1.29 is 17.9 Å². The third-order valence-corrected chi connectivity index (χ3v) is 2.61. The molecular formula is C8H13F3N2OS. The molecule has 1 rings (SSSR count). The van der Waals surface area contributed by atoms with Crippen molar-refractivity contribution >= 4 is 17.2 Å². The summed E-state index contributed by atoms with van der Waals surface area (Å²) in [6.45, 7) is 0.563. The van der Waals surface area contributed by atoms with Gasteiger partial charge in [0.15, 0.2) is 0 Å². The second-order valence-electron chi connectivity index (χ2n) is 3.39. The van der Waals surface area contributed by atoms with Crippen molar-refractivity contribution in [3.63, 3.8) is 0 Å². The Bertz CT molecular complexity index is 234. The molecule has 0 radical (unpaired) electrons. The van der Waals surface area contributed by atoms with Crippen LogP contribution in [0.15, 0.2) is 0 Å². The smallest absolute Gasteiger partial charge is 0.392 e. The summed E-state index contributed by atoms with van der Waals surface area (Å²) in [5.41, 5.74) is 5.47. The van der Waals surface area contributed by atoms with Gasteiger partial charge in [-0.25, -0.2) is 0 Å². The van der Waals surface area contributed by atoms with Crippen LogP contribution >= 0.6 is 12.2 Å². The van der Waals surface area contributed by atoms with E-state index in [1.54, 1.807) is 0 Å². The standard InChI is InChI=1S/C8H13F3N2OS/c9-8(10,11)14-5-4-13-3-1-2-6(13)7(12)15/h6H,1-5H2,(H2,12,15). The van der Waals surface area contributed by atoms with Crippen molar-refractivity contribution in [2.24, 2.45) is 5.73 Å². The first-order valence-electron chi connectivity index (χ1n) is 4.64. The highest BCUT2D eigenvalue weighted by molar-refractivity contribution is 7.80. The van der Waals surface area contributed by atoms with E-state index in [0.717, 1.165) is 19.4 Å². The minimum Gasteiger partial charge on any atom is -0.392 e. The number of hydrogen-bond donors (Lipinski definition) is 1. The van der Waals surface area contributed by atoms with Crippen LogP contribution in [0.25, 0.3) is 0 Å². The van der Waals surface area contributed by atoms with Crippen molar-refractivity contribution in [1.29, 1.82) is 0 Å². The Morgan fingerprint density at radius 3 is 2.73 bits per heavy atom. The van der Waals surface area contributed by atoms with Gasteiger partial charge in [0.1, 0.15) is 0 Å². The lowest BCUT2D eigenvalue weighted by atomic mass is 10.2. The molecule has 1 saturated heterocycles. The molecule has 1 unspecified atom stereocenters. The highest BCUT2D eigenvalue weighted by Gasteiger charge is 2.31. The maximum Gasteiger partial charge on any atom is 0.522 e. The third kappa shape index (κ3) is 4.31. The fourth-order valence-corrected chi connectivity index (χ4v) is 1.96. The van der Waals surface area contributed by atoms with Gasteiger partial charge >= 0.3 is 6.36 Å². The molecule has 7 heteroatoms. The third-order valence-electron chi connectivity index (χ3n) is 2.34. The Morgan fingerprint density at radius 2 is 2.20 bits per heavy atom. The van der Waals surface area contributed by atoms with Crippen molar-refractivity contribution in [3.8, 4) is 0 Å². The molecule has 88 valence electrons. The summed E-state index contributed by atoms with van der Waals surface area (Å²) in [6, 6.07) is -0.0724. The lowest BCUT2D eigenvalue weighted by Crippen LogP contribution is -2.41. The number of rotatable bonds is 4. The Hall–Kier alpha value is -0.400. The molecule has 1 fully saturated rings. The Balaban J connectivity index is 2.29. The Morgan fingerprint density at radius 1 is 1.53 bits per heavy atom. The van der Waals surface area contributed by atoms with E-state index in [0.29, 0.717) is 4.99 Å². The normalized spacial score (nSPS) is 23.3. The van der Waals surface area contributed by atoms with Gasteiger partial charge < -0.3 is 5.73 Å². The summed E-state index contributed by atoms with van der Waals surface area (Å²) in [6.07, 6.45) is -2.83. The highest BCUT2D eigenvalue weighted by Crippen LogP contribution is 2.19. The lowest BCUT2D eigenvalue weighted by molar-refractivity contribution is -0.325. The first-order chi connectivity index (χ1) is 6.90. The van der Waals surface area contributed by atoms with Crippen LogP contribution in [-0.2, 0) is 4.74 Å². The Labute approximate surface area is 91.4 Å². The molecule has 0 bridgehead atoms. The van der Waals surface area contributed by atoms with E-state index < -0.39 is 6.36 Å². The molecule has 0 saturated carbocycles. The molecule has 0 amide bonds. The monoisotopic (exact) mass is 242 g/mol. The number of halogens is 3. The Kier molecular flexibility index (Phi) is 4.30. The van der Waals surface area contributed by atoms with Gasteiger partial charge in [0, 0.05) is 6.54 Å². The number of hydrogen-bond acceptors (Lipinski definition) is 3. The average molecular weight is 242 g/mol. The van der Waals surface area contributed by atoms with Crippen LogP contribution in [-0.4, -0.2) is 42.0 Å². The fourth-order valence-electron chi connectivity index (χ4n) is 1.69. The number of likely N-dealkylation sites (tertiary alicyclic amines) is 1. The van der Waals surface area contributed by atoms with E-state index in [2.05, 4.69) is 4.74 Å². The predicted molar refractivity (Wildman–Crippen MR) is 53.4 cm³/mol. The highest BCUT2D eigenvalue weighted by atomic mass is 32.1. The first kappa shape index (κ1) is 12.7. The number of thiocarbonyl (C=S) groups is 1. The molecule has 0 aromatic rings. The van der Waals surface area contributed by atoms with Crippen LogP contribution in [0.5, 0.6) is 0 Å². The van der Waals surface area contributed by atoms with Gasteiger partial charge in [-0.3, -0.25) is 9.64 Å². The summed E-state index contributed by atoms with van der Waals surface area (Å²) in [5, 5.41) is 0. The largest absolute Gasteiger partial charge is 0.522 e. The number of ether oxygens (including phenoxy) is 1. The molecule has 0 aromatic heterocycles. The van der Waals surface area contributed by atoms with Gasteiger partial charge in [-0.15, -0.1) is 13.2 Å². The maximum atomic E-state index is 11.7. The quantitative estimate of drug-likeness (QED) is 0.754. The van der Waals surface area contributed by atoms with E-state index in [9.17, 15) is 13.2 Å². The molecule has 3 nitrogen and oxygen atoms in total. The summed E-state index contributed by atoms with van der Waals surface area (Å²) in [5.74, 6) is 0. The number of alkyl halides is 3. The van der Waals surface area contributed by atoms with Gasteiger partial charge in [0.2, 0.25) is 0 Å². The van der Waals surface area contributed by atoms with Gasteiger partial charge in [-0.1, -0.05) is 12.2 Å². The molecule has 15 heavy (non-hydrogen) atoms. The van der Waals surface area contributed by atoms with Crippen molar-refractivity contribution in [3.05, 3.63) is 0 Å². The minimum atomic E-state index is -4.56. The van der Waals surface area contributed by atoms with E-state index >= 15 is 0 Å². The van der Waals surface area contributed by atoms with E-state index in [1.807, 2.05) is 4.90 Å². The number of nitrogens with zero attached hydrogens (tertiary/aromatic N) is 1. The average Bonchev–Trinajstić information content (AvgIpc) is 2.49. The van der Waals surface area contributed by atoms with Crippen molar-refractivity contribution in [2.45, 2.75) is 25.2 Å². The molecule has 1 atom stereocenters. The van der Waals surface area contributed by atoms with Crippen LogP contribution in [0.2, 0.25) is 0 Å². The topological polar surface area (TPSA) is 38.5 Å². The molecule has 0 aliphatic carbocycles. The summed E-state index contributed by atoms with van der Waals surface area (Å²) in [4.78, 5) is 2.17. The summed E-state index contributed by atoms with van der Waals surface area (Å²) in [7, 11) is 0. The van der Waals surface area contributed by atoms with Crippen LogP contribution in [0.1, 0.15) is 12.8 Å². The molecule has 2 N–H and O–H groups in total. The van der Waals surface area contributed by atoms with E-state index in [1.165, 1.54) is 0 Å². The summed E-state index contributed by atoms with van der Waals surface area (Å²) < 4.78 is 38.8. The van der Waals surface area contributed by atoms with E-state index in [-0.39, 0.29) is 19.2 Å². The zero-order valence-corrected chi connectivity index (χ0v) is 8.90. The van der Waals surface area contributed by atoms with Gasteiger partial charge in [0.25, 0.3) is 0 Å². The van der Waals surface area contributed by atoms with Gasteiger partial charge in [0.05, 0.1) is 17.6 Å². The second-order valence-corrected chi connectivity index (χ2v) is 3.86. The molecule has 0 spiro atoms. The van der Waals surface area contributed by atoms with Crippen molar-refractivity contribution in [1.82, 2.24) is 4.90 Å². The number of nitrogens with two attached hydrogens (primary N) is 1. The predicted octanol–water partition coefficient (Wildman–Crippen LogP) is 1.27. The fraction of sp³-hybridized carbons (Fsp3) is 0.875. The maximum absolute atomic E-state index is 11.7. The van der Waals surface area contributed by atoms with Gasteiger partial charge in [-0.05, 0) is 19.4 Å². The van der Waals surface area contributed by atoms with Crippen LogP contribution in [0.4, 0.5) is 13.2 Å². The van der Waals surface area contributed by atoms with Gasteiger partial charge in [-0.2, -0.15) is 0 Å². The zero-order chi connectivity index (χ0) is 11.5. The van der Waals surface area contributed by atoms with Crippen molar-refractivity contribution in [2.75, 3.05) is 19.7 Å².